The third-order valence-electron chi connectivity index (χ3n) is 3.54. The number of carbonyl (C=O) groups is 1. The molecule has 110 valence electrons. The van der Waals surface area contributed by atoms with Gasteiger partial charge in [0, 0.05) is 0 Å². The van der Waals surface area contributed by atoms with Crippen LogP contribution in [0.5, 0.6) is 0 Å². The molecule has 0 saturated carbocycles. The Balaban J connectivity index is 2.09. The summed E-state index contributed by atoms with van der Waals surface area (Å²) in [6, 6.07) is 8.28. The number of fused-ring (bicyclic) bond motifs is 1. The van der Waals surface area contributed by atoms with Crippen molar-refractivity contribution >= 4 is 6.09 Å². The maximum atomic E-state index is 11.9. The maximum Gasteiger partial charge on any atom is 0.408 e. The lowest BCUT2D eigenvalue weighted by atomic mass is 9.98. The summed E-state index contributed by atoms with van der Waals surface area (Å²) in [4.78, 5) is 11.9. The Labute approximate surface area is 120 Å². The maximum absolute atomic E-state index is 11.9. The normalized spacial score (nSPS) is 21.4. The molecule has 0 heterocycles. The van der Waals surface area contributed by atoms with Crippen molar-refractivity contribution in [3.05, 3.63) is 35.4 Å². The van der Waals surface area contributed by atoms with Gasteiger partial charge >= 0.3 is 6.09 Å². The van der Waals surface area contributed by atoms with Crippen molar-refractivity contribution in [2.45, 2.75) is 51.2 Å². The summed E-state index contributed by atoms with van der Waals surface area (Å²) in [5.74, 6) is 0.427. The van der Waals surface area contributed by atoms with Gasteiger partial charge in [-0.05, 0) is 57.2 Å². The van der Waals surface area contributed by atoms with Crippen molar-refractivity contribution in [2.24, 2.45) is 5.73 Å². The number of alkyl carbamates (subject to hydrolysis) is 1. The number of hydrogen-bond donors (Lipinski definition) is 2. The first-order valence-corrected chi connectivity index (χ1v) is 7.19. The van der Waals surface area contributed by atoms with E-state index in [1.54, 1.807) is 0 Å². The van der Waals surface area contributed by atoms with Crippen LogP contribution >= 0.6 is 0 Å². The van der Waals surface area contributed by atoms with Crippen LogP contribution in [0, 0.1) is 0 Å². The molecule has 2 rings (SSSR count). The quantitative estimate of drug-likeness (QED) is 0.891. The lowest BCUT2D eigenvalue weighted by Crippen LogP contribution is -2.34. The lowest BCUT2D eigenvalue weighted by Gasteiger charge is -2.22. The molecule has 2 atom stereocenters. The van der Waals surface area contributed by atoms with Gasteiger partial charge < -0.3 is 15.8 Å². The molecule has 4 heteroatoms. The molecule has 4 nitrogen and oxygen atoms in total. The Morgan fingerprint density at radius 2 is 2.00 bits per heavy atom. The number of benzene rings is 1. The molecule has 0 aliphatic heterocycles. The van der Waals surface area contributed by atoms with Crippen LogP contribution in [0.2, 0.25) is 0 Å². The largest absolute Gasteiger partial charge is 0.444 e. The predicted molar refractivity (Wildman–Crippen MR) is 79.6 cm³/mol. The topological polar surface area (TPSA) is 64.3 Å². The summed E-state index contributed by atoms with van der Waals surface area (Å²) in [5.41, 5.74) is 7.71. The third kappa shape index (κ3) is 3.51. The second-order valence-electron chi connectivity index (χ2n) is 6.34. The fraction of sp³-hybridized carbons (Fsp3) is 0.562. The second kappa shape index (κ2) is 5.83. The van der Waals surface area contributed by atoms with Gasteiger partial charge in [-0.15, -0.1) is 0 Å². The molecule has 0 fully saturated rings. The van der Waals surface area contributed by atoms with Crippen LogP contribution in [0.15, 0.2) is 24.3 Å². The number of amides is 1. The number of carbonyl (C=O) groups excluding carboxylic acids is 1. The third-order valence-corrected chi connectivity index (χ3v) is 3.54. The van der Waals surface area contributed by atoms with Gasteiger partial charge in [0.05, 0.1) is 6.04 Å². The number of nitrogens with one attached hydrogen (secondary N) is 1. The minimum atomic E-state index is -0.473. The molecule has 1 amide bonds. The molecule has 0 saturated heterocycles. The number of rotatable bonds is 3. The average Bonchev–Trinajstić information content (AvgIpc) is 2.66. The zero-order valence-electron chi connectivity index (χ0n) is 12.5. The molecule has 1 aromatic rings. The summed E-state index contributed by atoms with van der Waals surface area (Å²) in [6.45, 7) is 6.27. The summed E-state index contributed by atoms with van der Waals surface area (Å²) < 4.78 is 5.34. The molecule has 1 aliphatic rings. The molecule has 3 N–H and O–H groups in total. The van der Waals surface area contributed by atoms with Crippen LogP contribution in [-0.2, 0) is 4.74 Å². The zero-order valence-corrected chi connectivity index (χ0v) is 12.5. The van der Waals surface area contributed by atoms with Crippen molar-refractivity contribution < 1.29 is 9.53 Å². The van der Waals surface area contributed by atoms with Gasteiger partial charge in [-0.1, -0.05) is 24.3 Å². The predicted octanol–water partition coefficient (Wildman–Crippen LogP) is 3.09. The molecule has 0 spiro atoms. The first kappa shape index (κ1) is 14.9. The van der Waals surface area contributed by atoms with Gasteiger partial charge in [0.2, 0.25) is 0 Å². The lowest BCUT2D eigenvalue weighted by molar-refractivity contribution is 0.0502. The van der Waals surface area contributed by atoms with Gasteiger partial charge in [0.25, 0.3) is 0 Å². The smallest absolute Gasteiger partial charge is 0.408 e. The van der Waals surface area contributed by atoms with E-state index in [1.807, 2.05) is 32.9 Å². The molecule has 0 bridgehead atoms. The van der Waals surface area contributed by atoms with E-state index in [0.29, 0.717) is 12.5 Å². The van der Waals surface area contributed by atoms with E-state index >= 15 is 0 Å². The monoisotopic (exact) mass is 276 g/mol. The fourth-order valence-electron chi connectivity index (χ4n) is 2.80. The molecule has 0 unspecified atom stereocenters. The van der Waals surface area contributed by atoms with E-state index in [9.17, 15) is 4.79 Å². The fourth-order valence-corrected chi connectivity index (χ4v) is 2.80. The Morgan fingerprint density at radius 3 is 2.60 bits per heavy atom. The van der Waals surface area contributed by atoms with Crippen molar-refractivity contribution in [1.82, 2.24) is 5.32 Å². The highest BCUT2D eigenvalue weighted by atomic mass is 16.6. The van der Waals surface area contributed by atoms with Crippen molar-refractivity contribution in [3.8, 4) is 0 Å². The molecule has 1 aromatic carbocycles. The van der Waals surface area contributed by atoms with Crippen LogP contribution in [-0.4, -0.2) is 18.2 Å². The van der Waals surface area contributed by atoms with Gasteiger partial charge in [-0.3, -0.25) is 0 Å². The van der Waals surface area contributed by atoms with Gasteiger partial charge in [0.15, 0.2) is 0 Å². The van der Waals surface area contributed by atoms with E-state index in [4.69, 9.17) is 10.5 Å². The van der Waals surface area contributed by atoms with Crippen LogP contribution in [0.3, 0.4) is 0 Å². The summed E-state index contributed by atoms with van der Waals surface area (Å²) in [6.07, 6.45) is 1.49. The zero-order chi connectivity index (χ0) is 14.8. The van der Waals surface area contributed by atoms with Crippen molar-refractivity contribution in [1.29, 1.82) is 0 Å². The van der Waals surface area contributed by atoms with Crippen LogP contribution in [0.1, 0.15) is 56.7 Å². The van der Waals surface area contributed by atoms with E-state index in [2.05, 4.69) is 17.4 Å². The average molecular weight is 276 g/mol. The van der Waals surface area contributed by atoms with Gasteiger partial charge in [0.1, 0.15) is 5.60 Å². The molecular formula is C16H24N2O2. The summed E-state index contributed by atoms with van der Waals surface area (Å²) in [7, 11) is 0. The van der Waals surface area contributed by atoms with E-state index in [0.717, 1.165) is 12.8 Å². The van der Waals surface area contributed by atoms with Gasteiger partial charge in [-0.25, -0.2) is 4.79 Å². The number of hydrogen-bond acceptors (Lipinski definition) is 3. The highest BCUT2D eigenvalue weighted by Gasteiger charge is 2.32. The van der Waals surface area contributed by atoms with E-state index in [-0.39, 0.29) is 12.1 Å². The van der Waals surface area contributed by atoms with Crippen LogP contribution < -0.4 is 11.1 Å². The number of nitrogens with two attached hydrogens (primary N) is 1. The van der Waals surface area contributed by atoms with Crippen LogP contribution in [0.4, 0.5) is 4.79 Å². The van der Waals surface area contributed by atoms with Crippen LogP contribution in [0.25, 0.3) is 0 Å². The molecule has 0 radical (unpaired) electrons. The Morgan fingerprint density at radius 1 is 1.35 bits per heavy atom. The minimum absolute atomic E-state index is 0.0256. The summed E-state index contributed by atoms with van der Waals surface area (Å²) >= 11 is 0. The van der Waals surface area contributed by atoms with E-state index in [1.165, 1.54) is 11.1 Å². The first-order chi connectivity index (χ1) is 9.40. The Hall–Kier alpha value is -1.55. The standard InChI is InChI=1S/C16H24N2O2/c1-16(2,3)20-15(19)18-14-10-11(8-9-17)12-6-4-5-7-13(12)14/h4-7,11,14H,8-10,17H2,1-3H3,(H,18,19)/t11-,14+/m0/s1. The highest BCUT2D eigenvalue weighted by molar-refractivity contribution is 5.68. The van der Waals surface area contributed by atoms with Crippen molar-refractivity contribution in [3.63, 3.8) is 0 Å². The molecule has 1 aliphatic carbocycles. The number of ether oxygens (including phenoxy) is 1. The van der Waals surface area contributed by atoms with Gasteiger partial charge in [-0.2, -0.15) is 0 Å². The molecule has 20 heavy (non-hydrogen) atoms. The van der Waals surface area contributed by atoms with E-state index < -0.39 is 5.60 Å². The molecular weight excluding hydrogens is 252 g/mol. The van der Waals surface area contributed by atoms with Crippen molar-refractivity contribution in [2.75, 3.05) is 6.54 Å². The Bertz CT molecular complexity index is 480. The molecule has 0 aromatic heterocycles. The second-order valence-corrected chi connectivity index (χ2v) is 6.34. The Kier molecular flexibility index (Phi) is 4.33. The first-order valence-electron chi connectivity index (χ1n) is 7.19. The highest BCUT2D eigenvalue weighted by Crippen LogP contribution is 2.41. The SMILES string of the molecule is CC(C)(C)OC(=O)N[C@@H]1C[C@H](CCN)c2ccccc21. The summed E-state index contributed by atoms with van der Waals surface area (Å²) in [5, 5.41) is 2.98. The minimum Gasteiger partial charge on any atom is -0.444 e.